The summed E-state index contributed by atoms with van der Waals surface area (Å²) in [5, 5.41) is 1.20. The third kappa shape index (κ3) is 2.87. The monoisotopic (exact) mass is 346 g/mol. The van der Waals surface area contributed by atoms with Gasteiger partial charge in [-0.2, -0.15) is 0 Å². The number of halogens is 2. The number of nitrogens with zero attached hydrogens (tertiary/aromatic N) is 2. The van der Waals surface area contributed by atoms with Gasteiger partial charge < -0.3 is 14.0 Å². The molecule has 1 aromatic heterocycles. The molecule has 4 rings (SSSR count). The molecule has 0 amide bonds. The molecule has 6 heteroatoms. The quantitative estimate of drug-likeness (QED) is 0.693. The van der Waals surface area contributed by atoms with Gasteiger partial charge >= 0.3 is 0 Å². The van der Waals surface area contributed by atoms with Gasteiger partial charge in [-0.25, -0.2) is 4.98 Å². The van der Waals surface area contributed by atoms with Crippen LogP contribution in [0.25, 0.3) is 11.3 Å². The third-order valence-corrected chi connectivity index (χ3v) is 4.19. The lowest BCUT2D eigenvalue weighted by Crippen LogP contribution is -1.96. The fourth-order valence-corrected chi connectivity index (χ4v) is 3.04. The van der Waals surface area contributed by atoms with E-state index in [-0.39, 0.29) is 6.79 Å². The van der Waals surface area contributed by atoms with Crippen molar-refractivity contribution in [2.75, 3.05) is 6.79 Å². The Morgan fingerprint density at radius 1 is 1.04 bits per heavy atom. The van der Waals surface area contributed by atoms with Crippen molar-refractivity contribution in [3.63, 3.8) is 0 Å². The second-order valence-electron chi connectivity index (χ2n) is 5.24. The lowest BCUT2D eigenvalue weighted by molar-refractivity contribution is 0.174. The van der Waals surface area contributed by atoms with Crippen molar-refractivity contribution in [2.45, 2.75) is 6.54 Å². The average Bonchev–Trinajstić information content (AvgIpc) is 3.16. The van der Waals surface area contributed by atoms with Gasteiger partial charge in [0.15, 0.2) is 11.5 Å². The van der Waals surface area contributed by atoms with Crippen LogP contribution in [0.1, 0.15) is 5.56 Å². The molecule has 0 radical (unpaired) electrons. The summed E-state index contributed by atoms with van der Waals surface area (Å²) in [4.78, 5) is 4.43. The first-order valence-corrected chi connectivity index (χ1v) is 7.80. The summed E-state index contributed by atoms with van der Waals surface area (Å²) >= 11 is 12.2. The second kappa shape index (κ2) is 5.80. The Hall–Kier alpha value is -2.17. The maximum absolute atomic E-state index is 6.23. The van der Waals surface area contributed by atoms with Gasteiger partial charge in [-0.3, -0.25) is 0 Å². The van der Waals surface area contributed by atoms with Gasteiger partial charge in [0.25, 0.3) is 0 Å². The minimum absolute atomic E-state index is 0.281. The summed E-state index contributed by atoms with van der Waals surface area (Å²) in [5.74, 6) is 1.57. The van der Waals surface area contributed by atoms with Crippen LogP contribution in [-0.2, 0) is 6.54 Å². The van der Waals surface area contributed by atoms with Crippen molar-refractivity contribution in [3.05, 3.63) is 64.5 Å². The Labute approximate surface area is 143 Å². The number of hydrogen-bond acceptors (Lipinski definition) is 3. The van der Waals surface area contributed by atoms with Gasteiger partial charge in [-0.05, 0) is 35.9 Å². The van der Waals surface area contributed by atoms with E-state index in [1.54, 1.807) is 18.5 Å². The summed E-state index contributed by atoms with van der Waals surface area (Å²) in [6.07, 6.45) is 3.74. The molecule has 1 aliphatic rings. The van der Waals surface area contributed by atoms with Gasteiger partial charge in [0.05, 0.1) is 17.0 Å². The van der Waals surface area contributed by atoms with Crippen LogP contribution in [0.4, 0.5) is 0 Å². The number of fused-ring (bicyclic) bond motifs is 1. The largest absolute Gasteiger partial charge is 0.454 e. The van der Waals surface area contributed by atoms with Crippen LogP contribution in [0.3, 0.4) is 0 Å². The molecule has 0 aliphatic carbocycles. The molecule has 0 saturated carbocycles. The zero-order chi connectivity index (χ0) is 15.8. The topological polar surface area (TPSA) is 36.3 Å². The van der Waals surface area contributed by atoms with Crippen molar-refractivity contribution >= 4 is 23.2 Å². The highest BCUT2D eigenvalue weighted by Gasteiger charge is 2.13. The molecule has 23 heavy (non-hydrogen) atoms. The highest BCUT2D eigenvalue weighted by Crippen LogP contribution is 2.33. The summed E-state index contributed by atoms with van der Waals surface area (Å²) in [5.41, 5.74) is 2.79. The lowest BCUT2D eigenvalue weighted by Gasteiger charge is -2.04. The fourth-order valence-electron chi connectivity index (χ4n) is 2.53. The number of imidazole rings is 1. The van der Waals surface area contributed by atoms with Gasteiger partial charge in [-0.1, -0.05) is 29.3 Å². The molecule has 116 valence electrons. The summed E-state index contributed by atoms with van der Waals surface area (Å²) in [7, 11) is 0. The Morgan fingerprint density at radius 3 is 2.78 bits per heavy atom. The van der Waals surface area contributed by atoms with Crippen molar-refractivity contribution in [1.82, 2.24) is 9.55 Å². The Morgan fingerprint density at radius 2 is 1.91 bits per heavy atom. The van der Waals surface area contributed by atoms with Crippen molar-refractivity contribution in [3.8, 4) is 22.8 Å². The van der Waals surface area contributed by atoms with Crippen LogP contribution in [0.5, 0.6) is 11.5 Å². The highest BCUT2D eigenvalue weighted by molar-refractivity contribution is 6.36. The van der Waals surface area contributed by atoms with E-state index in [4.69, 9.17) is 32.7 Å². The predicted octanol–water partition coefficient (Wildman–Crippen LogP) is 4.63. The Balaban J connectivity index is 1.58. The first-order valence-electron chi connectivity index (χ1n) is 7.05. The van der Waals surface area contributed by atoms with Crippen LogP contribution in [0, 0.1) is 0 Å². The van der Waals surface area contributed by atoms with E-state index >= 15 is 0 Å². The Kier molecular flexibility index (Phi) is 3.63. The van der Waals surface area contributed by atoms with E-state index in [9.17, 15) is 0 Å². The van der Waals surface area contributed by atoms with E-state index in [0.717, 1.165) is 28.3 Å². The summed E-state index contributed by atoms with van der Waals surface area (Å²) in [6.45, 7) is 0.970. The SMILES string of the molecule is Clc1ccc(-c2cn(Cc3ccc4c(c3)OCO4)cn2)c(Cl)c1. The maximum Gasteiger partial charge on any atom is 0.231 e. The minimum atomic E-state index is 0.281. The number of rotatable bonds is 3. The lowest BCUT2D eigenvalue weighted by atomic mass is 10.1. The molecule has 1 aliphatic heterocycles. The molecule has 2 heterocycles. The van der Waals surface area contributed by atoms with Gasteiger partial charge in [0.2, 0.25) is 6.79 Å². The number of aromatic nitrogens is 2. The molecule has 2 aromatic carbocycles. The zero-order valence-corrected chi connectivity index (χ0v) is 13.5. The molecular formula is C17H12Cl2N2O2. The van der Waals surface area contributed by atoms with Gasteiger partial charge in [-0.15, -0.1) is 0 Å². The number of hydrogen-bond donors (Lipinski definition) is 0. The molecule has 0 spiro atoms. The predicted molar refractivity (Wildman–Crippen MR) is 89.4 cm³/mol. The summed E-state index contributed by atoms with van der Waals surface area (Å²) in [6, 6.07) is 11.3. The molecular weight excluding hydrogens is 335 g/mol. The fraction of sp³-hybridized carbons (Fsp3) is 0.118. The van der Waals surface area contributed by atoms with Crippen molar-refractivity contribution in [2.24, 2.45) is 0 Å². The van der Waals surface area contributed by atoms with Crippen LogP contribution in [-0.4, -0.2) is 16.3 Å². The van der Waals surface area contributed by atoms with E-state index in [1.807, 2.05) is 35.0 Å². The zero-order valence-electron chi connectivity index (χ0n) is 12.0. The smallest absolute Gasteiger partial charge is 0.231 e. The first kappa shape index (κ1) is 14.4. The average molecular weight is 347 g/mol. The first-order chi connectivity index (χ1) is 11.2. The molecule has 3 aromatic rings. The van der Waals surface area contributed by atoms with Crippen LogP contribution < -0.4 is 9.47 Å². The van der Waals surface area contributed by atoms with E-state index in [2.05, 4.69) is 4.98 Å². The van der Waals surface area contributed by atoms with Crippen LogP contribution in [0.15, 0.2) is 48.9 Å². The molecule has 0 atom stereocenters. The molecule has 4 nitrogen and oxygen atoms in total. The van der Waals surface area contributed by atoms with Gasteiger partial charge in [0.1, 0.15) is 0 Å². The number of ether oxygens (including phenoxy) is 2. The van der Waals surface area contributed by atoms with Crippen molar-refractivity contribution < 1.29 is 9.47 Å². The Bertz CT molecular complexity index is 877. The minimum Gasteiger partial charge on any atom is -0.454 e. The van der Waals surface area contributed by atoms with Crippen LogP contribution >= 0.6 is 23.2 Å². The summed E-state index contributed by atoms with van der Waals surface area (Å²) < 4.78 is 12.7. The van der Waals surface area contributed by atoms with Crippen molar-refractivity contribution in [1.29, 1.82) is 0 Å². The van der Waals surface area contributed by atoms with E-state index in [1.165, 1.54) is 0 Å². The van der Waals surface area contributed by atoms with E-state index in [0.29, 0.717) is 16.6 Å². The van der Waals surface area contributed by atoms with E-state index < -0.39 is 0 Å². The number of benzene rings is 2. The normalized spacial score (nSPS) is 12.6. The highest BCUT2D eigenvalue weighted by atomic mass is 35.5. The molecule has 0 fully saturated rings. The van der Waals surface area contributed by atoms with Crippen LogP contribution in [0.2, 0.25) is 10.0 Å². The molecule has 0 unspecified atom stereocenters. The van der Waals surface area contributed by atoms with Gasteiger partial charge in [0, 0.05) is 23.3 Å². The molecule has 0 bridgehead atoms. The molecule has 0 N–H and O–H groups in total. The third-order valence-electron chi connectivity index (χ3n) is 3.64. The molecule has 0 saturated heterocycles. The second-order valence-corrected chi connectivity index (χ2v) is 6.09. The maximum atomic E-state index is 6.23. The standard InChI is InChI=1S/C17H12Cl2N2O2/c18-12-2-3-13(14(19)6-12)15-8-21(9-20-15)7-11-1-4-16-17(5-11)23-10-22-16/h1-6,8-9H,7,10H2.